The Bertz CT molecular complexity index is 654. The predicted molar refractivity (Wildman–Crippen MR) is 83.7 cm³/mol. The molecule has 1 aromatic heterocycles. The maximum Gasteiger partial charge on any atom is 0.238 e. The number of benzene rings is 1. The van der Waals surface area contributed by atoms with E-state index in [2.05, 4.69) is 40.3 Å². The molecule has 3 N–H and O–H groups in total. The third-order valence-corrected chi connectivity index (χ3v) is 3.67. The average Bonchev–Trinajstić information content (AvgIpc) is 2.84. The number of aromatic nitrogens is 1. The Balaban J connectivity index is 1.86. The Kier molecular flexibility index (Phi) is 3.58. The number of amides is 1. The zero-order valence-electron chi connectivity index (χ0n) is 11.9. The lowest BCUT2D eigenvalue weighted by Gasteiger charge is -2.23. The van der Waals surface area contributed by atoms with Gasteiger partial charge in [-0.3, -0.25) is 4.79 Å². The van der Waals surface area contributed by atoms with Gasteiger partial charge in [0.1, 0.15) is 5.82 Å². The van der Waals surface area contributed by atoms with Crippen molar-refractivity contribution in [2.45, 2.75) is 19.4 Å². The van der Waals surface area contributed by atoms with Crippen molar-refractivity contribution < 1.29 is 4.79 Å². The number of anilines is 3. The van der Waals surface area contributed by atoms with Gasteiger partial charge in [-0.05, 0) is 37.1 Å². The van der Waals surface area contributed by atoms with Crippen LogP contribution in [0.1, 0.15) is 12.5 Å². The van der Waals surface area contributed by atoms with Gasteiger partial charge in [0.25, 0.3) is 0 Å². The average molecular weight is 282 g/mol. The highest BCUT2D eigenvalue weighted by atomic mass is 16.1. The first kappa shape index (κ1) is 13.6. The van der Waals surface area contributed by atoms with Gasteiger partial charge in [0.15, 0.2) is 0 Å². The molecule has 108 valence electrons. The standard InChI is InChI=1S/C16H18N4O/c1-11-8-12-4-2-3-5-14(12)20(11)15-7-6-13(10-18-15)19-16(21)9-17/h2-7,10-11H,8-9,17H2,1H3,(H,19,21). The summed E-state index contributed by atoms with van der Waals surface area (Å²) in [4.78, 5) is 18.0. The third-order valence-electron chi connectivity index (χ3n) is 3.67. The monoisotopic (exact) mass is 282 g/mol. The van der Waals surface area contributed by atoms with E-state index < -0.39 is 0 Å². The number of nitrogens with one attached hydrogen (secondary N) is 1. The smallest absolute Gasteiger partial charge is 0.238 e. The number of fused-ring (bicyclic) bond motifs is 1. The largest absolute Gasteiger partial charge is 0.324 e. The molecule has 0 saturated heterocycles. The van der Waals surface area contributed by atoms with Crippen molar-refractivity contribution in [1.29, 1.82) is 0 Å². The number of carbonyl (C=O) groups is 1. The molecule has 2 aromatic rings. The summed E-state index contributed by atoms with van der Waals surface area (Å²) in [5, 5.41) is 2.69. The van der Waals surface area contributed by atoms with Crippen LogP contribution >= 0.6 is 0 Å². The fraction of sp³-hybridized carbons (Fsp3) is 0.250. The number of hydrogen-bond acceptors (Lipinski definition) is 4. The molecule has 2 heterocycles. The lowest BCUT2D eigenvalue weighted by molar-refractivity contribution is -0.114. The maximum absolute atomic E-state index is 11.3. The van der Waals surface area contributed by atoms with Crippen LogP contribution in [0.2, 0.25) is 0 Å². The molecule has 1 aliphatic rings. The molecule has 0 saturated carbocycles. The number of para-hydroxylation sites is 1. The van der Waals surface area contributed by atoms with Crippen LogP contribution in [0, 0.1) is 0 Å². The van der Waals surface area contributed by atoms with Gasteiger partial charge in [0, 0.05) is 11.7 Å². The van der Waals surface area contributed by atoms with Crippen molar-refractivity contribution >= 4 is 23.1 Å². The van der Waals surface area contributed by atoms with Gasteiger partial charge >= 0.3 is 0 Å². The first-order valence-corrected chi connectivity index (χ1v) is 7.02. The number of carbonyl (C=O) groups excluding carboxylic acids is 1. The van der Waals surface area contributed by atoms with Crippen LogP contribution in [0.3, 0.4) is 0 Å². The van der Waals surface area contributed by atoms with Crippen molar-refractivity contribution in [3.8, 4) is 0 Å². The minimum Gasteiger partial charge on any atom is -0.324 e. The topological polar surface area (TPSA) is 71.2 Å². The van der Waals surface area contributed by atoms with Crippen LogP contribution in [0.15, 0.2) is 42.6 Å². The van der Waals surface area contributed by atoms with Gasteiger partial charge in [-0.15, -0.1) is 0 Å². The van der Waals surface area contributed by atoms with Crippen molar-refractivity contribution in [3.05, 3.63) is 48.2 Å². The van der Waals surface area contributed by atoms with Gasteiger partial charge < -0.3 is 16.0 Å². The van der Waals surface area contributed by atoms with Gasteiger partial charge in [-0.1, -0.05) is 18.2 Å². The molecule has 3 rings (SSSR count). The Morgan fingerprint density at radius 2 is 2.19 bits per heavy atom. The molecule has 0 bridgehead atoms. The van der Waals surface area contributed by atoms with Crippen molar-refractivity contribution in [1.82, 2.24) is 4.98 Å². The molecule has 21 heavy (non-hydrogen) atoms. The summed E-state index contributed by atoms with van der Waals surface area (Å²) in [6.07, 6.45) is 2.68. The molecule has 5 heteroatoms. The molecular weight excluding hydrogens is 264 g/mol. The van der Waals surface area contributed by atoms with E-state index in [1.54, 1.807) is 6.20 Å². The second-order valence-electron chi connectivity index (χ2n) is 5.21. The van der Waals surface area contributed by atoms with Gasteiger partial charge in [-0.2, -0.15) is 0 Å². The summed E-state index contributed by atoms with van der Waals surface area (Å²) in [5.41, 5.74) is 8.49. The van der Waals surface area contributed by atoms with Gasteiger partial charge in [0.2, 0.25) is 5.91 Å². The Morgan fingerprint density at radius 1 is 1.38 bits per heavy atom. The molecule has 0 fully saturated rings. The molecular formula is C16H18N4O. The lowest BCUT2D eigenvalue weighted by Crippen LogP contribution is -2.25. The lowest BCUT2D eigenvalue weighted by atomic mass is 10.1. The minimum atomic E-state index is -0.218. The van der Waals surface area contributed by atoms with Crippen molar-refractivity contribution in [2.75, 3.05) is 16.8 Å². The molecule has 1 amide bonds. The van der Waals surface area contributed by atoms with Crippen LogP contribution in [-0.2, 0) is 11.2 Å². The number of rotatable bonds is 3. The fourth-order valence-electron chi connectivity index (χ4n) is 2.73. The van der Waals surface area contributed by atoms with Crippen LogP contribution in [0.5, 0.6) is 0 Å². The number of nitrogens with two attached hydrogens (primary N) is 1. The van der Waals surface area contributed by atoms with E-state index in [1.165, 1.54) is 11.3 Å². The minimum absolute atomic E-state index is 0.0295. The van der Waals surface area contributed by atoms with Crippen molar-refractivity contribution in [2.24, 2.45) is 5.73 Å². The second-order valence-corrected chi connectivity index (χ2v) is 5.21. The molecule has 0 spiro atoms. The van der Waals surface area contributed by atoms with E-state index in [-0.39, 0.29) is 12.5 Å². The highest BCUT2D eigenvalue weighted by Gasteiger charge is 2.27. The molecule has 1 atom stereocenters. The van der Waals surface area contributed by atoms with Gasteiger partial charge in [-0.25, -0.2) is 4.98 Å². The van der Waals surface area contributed by atoms with Crippen LogP contribution in [0.25, 0.3) is 0 Å². The van der Waals surface area contributed by atoms with Crippen LogP contribution < -0.4 is 16.0 Å². The van der Waals surface area contributed by atoms with Crippen molar-refractivity contribution in [3.63, 3.8) is 0 Å². The highest BCUT2D eigenvalue weighted by Crippen LogP contribution is 2.37. The summed E-state index contributed by atoms with van der Waals surface area (Å²) < 4.78 is 0. The second kappa shape index (κ2) is 5.54. The first-order valence-electron chi connectivity index (χ1n) is 7.02. The Morgan fingerprint density at radius 3 is 2.90 bits per heavy atom. The normalized spacial score (nSPS) is 16.7. The maximum atomic E-state index is 11.3. The van der Waals surface area contributed by atoms with E-state index in [1.807, 2.05) is 18.2 Å². The van der Waals surface area contributed by atoms with E-state index in [0.717, 1.165) is 12.2 Å². The predicted octanol–water partition coefficient (Wildman–Crippen LogP) is 2.06. The van der Waals surface area contributed by atoms with Crippen LogP contribution in [0.4, 0.5) is 17.2 Å². The molecule has 5 nitrogen and oxygen atoms in total. The summed E-state index contributed by atoms with van der Waals surface area (Å²) in [5.74, 6) is 0.669. The van der Waals surface area contributed by atoms with E-state index in [0.29, 0.717) is 11.7 Å². The molecule has 1 aliphatic heterocycles. The summed E-state index contributed by atoms with van der Waals surface area (Å²) in [6, 6.07) is 12.5. The fourth-order valence-corrected chi connectivity index (χ4v) is 2.73. The first-order chi connectivity index (χ1) is 10.2. The summed E-state index contributed by atoms with van der Waals surface area (Å²) in [6.45, 7) is 2.16. The number of hydrogen-bond donors (Lipinski definition) is 2. The SMILES string of the molecule is CC1Cc2ccccc2N1c1ccc(NC(=O)CN)cn1. The summed E-state index contributed by atoms with van der Waals surface area (Å²) >= 11 is 0. The zero-order valence-corrected chi connectivity index (χ0v) is 11.9. The summed E-state index contributed by atoms with van der Waals surface area (Å²) in [7, 11) is 0. The number of nitrogens with zero attached hydrogens (tertiary/aromatic N) is 2. The zero-order chi connectivity index (χ0) is 14.8. The van der Waals surface area contributed by atoms with E-state index in [9.17, 15) is 4.79 Å². The molecule has 0 aliphatic carbocycles. The van der Waals surface area contributed by atoms with Crippen LogP contribution in [-0.4, -0.2) is 23.5 Å². The van der Waals surface area contributed by atoms with E-state index in [4.69, 9.17) is 5.73 Å². The molecule has 1 unspecified atom stereocenters. The quantitative estimate of drug-likeness (QED) is 0.904. The van der Waals surface area contributed by atoms with Gasteiger partial charge in [0.05, 0.1) is 18.4 Å². The molecule has 0 radical (unpaired) electrons. The Labute approximate surface area is 123 Å². The Hall–Kier alpha value is -2.40. The van der Waals surface area contributed by atoms with E-state index >= 15 is 0 Å². The molecule has 1 aromatic carbocycles. The number of pyridine rings is 1. The highest BCUT2D eigenvalue weighted by molar-refractivity contribution is 5.92. The third kappa shape index (κ3) is 2.60.